The first-order chi connectivity index (χ1) is 16.0. The summed E-state index contributed by atoms with van der Waals surface area (Å²) in [5.41, 5.74) is 3.73. The van der Waals surface area contributed by atoms with Crippen LogP contribution in [0.1, 0.15) is 41.4 Å². The van der Waals surface area contributed by atoms with E-state index >= 15 is 0 Å². The van der Waals surface area contributed by atoms with Gasteiger partial charge in [0, 0.05) is 35.6 Å². The highest BCUT2D eigenvalue weighted by Crippen LogP contribution is 2.24. The number of piperidine rings is 1. The number of amides is 2. The summed E-state index contributed by atoms with van der Waals surface area (Å²) in [7, 11) is 0. The minimum absolute atomic E-state index is 0.0213. The number of carbonyl (C=O) groups is 2. The third-order valence-electron chi connectivity index (χ3n) is 5.75. The highest BCUT2D eigenvalue weighted by molar-refractivity contribution is 7.13. The van der Waals surface area contributed by atoms with Crippen LogP contribution in [0.5, 0.6) is 5.75 Å². The highest BCUT2D eigenvalue weighted by Gasteiger charge is 2.25. The summed E-state index contributed by atoms with van der Waals surface area (Å²) in [6, 6.07) is 15.6. The fourth-order valence-corrected chi connectivity index (χ4v) is 4.76. The first kappa shape index (κ1) is 23.0. The number of aromatic nitrogens is 1. The number of rotatable bonds is 7. The molecule has 3 aromatic rings. The zero-order valence-electron chi connectivity index (χ0n) is 19.0. The van der Waals surface area contributed by atoms with Crippen LogP contribution in [0.3, 0.4) is 0 Å². The minimum Gasteiger partial charge on any atom is -0.494 e. The van der Waals surface area contributed by atoms with Gasteiger partial charge < -0.3 is 15.0 Å². The van der Waals surface area contributed by atoms with E-state index in [1.54, 1.807) is 23.5 Å². The SMILES string of the molecule is CCOc1ccc(C(=O)N2CCC(NC(=O)Cc3csc(-c4ccc(C)cc4)n3)CC2)cc1. The number of carbonyl (C=O) groups excluding carboxylic acids is 2. The first-order valence-corrected chi connectivity index (χ1v) is 12.2. The quantitative estimate of drug-likeness (QED) is 0.561. The number of aryl methyl sites for hydroxylation is 1. The van der Waals surface area contributed by atoms with Crippen molar-refractivity contribution in [1.29, 1.82) is 0 Å². The predicted octanol–water partition coefficient (Wildman–Crippen LogP) is 4.48. The molecule has 0 saturated carbocycles. The maximum absolute atomic E-state index is 12.8. The van der Waals surface area contributed by atoms with Crippen LogP contribution in [0.2, 0.25) is 0 Å². The van der Waals surface area contributed by atoms with Gasteiger partial charge in [0.05, 0.1) is 18.7 Å². The van der Waals surface area contributed by atoms with Crippen molar-refractivity contribution in [3.8, 4) is 16.3 Å². The van der Waals surface area contributed by atoms with Gasteiger partial charge in [-0.05, 0) is 51.0 Å². The smallest absolute Gasteiger partial charge is 0.253 e. The first-order valence-electron chi connectivity index (χ1n) is 11.3. The molecule has 0 atom stereocenters. The van der Waals surface area contributed by atoms with Crippen LogP contribution < -0.4 is 10.1 Å². The summed E-state index contributed by atoms with van der Waals surface area (Å²) in [4.78, 5) is 31.8. The van der Waals surface area contributed by atoms with E-state index in [1.807, 2.05) is 29.3 Å². The van der Waals surface area contributed by atoms with Gasteiger partial charge in [-0.15, -0.1) is 11.3 Å². The maximum atomic E-state index is 12.8. The summed E-state index contributed by atoms with van der Waals surface area (Å²) in [6.45, 7) is 5.85. The van der Waals surface area contributed by atoms with Gasteiger partial charge in [-0.3, -0.25) is 9.59 Å². The molecule has 0 aliphatic carbocycles. The third-order valence-corrected chi connectivity index (χ3v) is 6.69. The molecule has 2 aromatic carbocycles. The van der Waals surface area contributed by atoms with E-state index in [4.69, 9.17) is 4.74 Å². The molecule has 7 heteroatoms. The van der Waals surface area contributed by atoms with Crippen LogP contribution in [0.15, 0.2) is 53.9 Å². The highest BCUT2D eigenvalue weighted by atomic mass is 32.1. The Bertz CT molecular complexity index is 1080. The topological polar surface area (TPSA) is 71.5 Å². The van der Waals surface area contributed by atoms with Crippen LogP contribution >= 0.6 is 11.3 Å². The monoisotopic (exact) mass is 463 g/mol. The van der Waals surface area contributed by atoms with Crippen molar-refractivity contribution >= 4 is 23.2 Å². The van der Waals surface area contributed by atoms with Gasteiger partial charge in [0.25, 0.3) is 5.91 Å². The Morgan fingerprint density at radius 2 is 1.79 bits per heavy atom. The zero-order chi connectivity index (χ0) is 23.2. The molecule has 0 unspecified atom stereocenters. The molecule has 1 fully saturated rings. The molecule has 1 aliphatic heterocycles. The fraction of sp³-hybridized carbons (Fsp3) is 0.346. The average Bonchev–Trinajstić information content (AvgIpc) is 3.28. The number of thiazole rings is 1. The van der Waals surface area contributed by atoms with Gasteiger partial charge in [-0.25, -0.2) is 4.98 Å². The molecule has 0 radical (unpaired) electrons. The summed E-state index contributed by atoms with van der Waals surface area (Å²) >= 11 is 1.56. The Labute approximate surface area is 198 Å². The van der Waals surface area contributed by atoms with E-state index in [0.29, 0.717) is 25.3 Å². The van der Waals surface area contributed by atoms with Crippen LogP contribution in [-0.2, 0) is 11.2 Å². The molecule has 1 saturated heterocycles. The van der Waals surface area contributed by atoms with Crippen LogP contribution in [0.4, 0.5) is 0 Å². The number of hydrogen-bond acceptors (Lipinski definition) is 5. The summed E-state index contributed by atoms with van der Waals surface area (Å²) < 4.78 is 5.44. The largest absolute Gasteiger partial charge is 0.494 e. The van der Waals surface area contributed by atoms with Gasteiger partial charge >= 0.3 is 0 Å². The van der Waals surface area contributed by atoms with Crippen LogP contribution in [-0.4, -0.2) is 47.4 Å². The lowest BCUT2D eigenvalue weighted by atomic mass is 10.0. The Hall–Kier alpha value is -3.19. The van der Waals surface area contributed by atoms with E-state index in [0.717, 1.165) is 34.9 Å². The van der Waals surface area contributed by atoms with Gasteiger partial charge in [-0.2, -0.15) is 0 Å². The Kier molecular flexibility index (Phi) is 7.40. The summed E-state index contributed by atoms with van der Waals surface area (Å²) in [5.74, 6) is 0.766. The van der Waals surface area contributed by atoms with Gasteiger partial charge in [-0.1, -0.05) is 29.8 Å². The molecule has 1 aromatic heterocycles. The molecule has 2 heterocycles. The average molecular weight is 464 g/mol. The number of nitrogens with zero attached hydrogens (tertiary/aromatic N) is 2. The van der Waals surface area contributed by atoms with Crippen molar-refractivity contribution < 1.29 is 14.3 Å². The Morgan fingerprint density at radius 1 is 1.09 bits per heavy atom. The lowest BCUT2D eigenvalue weighted by Crippen LogP contribution is -2.46. The zero-order valence-corrected chi connectivity index (χ0v) is 19.9. The Balaban J connectivity index is 1.24. The normalized spacial score (nSPS) is 14.2. The number of nitrogens with one attached hydrogen (secondary N) is 1. The molecule has 6 nitrogen and oxygen atoms in total. The minimum atomic E-state index is -0.0213. The van der Waals surface area contributed by atoms with E-state index < -0.39 is 0 Å². The van der Waals surface area contributed by atoms with Crippen molar-refractivity contribution in [2.45, 2.75) is 39.2 Å². The molecule has 172 valence electrons. The Morgan fingerprint density at radius 3 is 2.45 bits per heavy atom. The lowest BCUT2D eigenvalue weighted by Gasteiger charge is -2.32. The summed E-state index contributed by atoms with van der Waals surface area (Å²) in [5, 5.41) is 6.00. The maximum Gasteiger partial charge on any atom is 0.253 e. The molecule has 0 spiro atoms. The standard InChI is InChI=1S/C26H29N3O3S/c1-3-32-23-10-8-20(9-11-23)26(31)29-14-12-21(13-15-29)27-24(30)16-22-17-33-25(28-22)19-6-4-18(2)5-7-19/h4-11,17,21H,3,12-16H2,1-2H3,(H,27,30). The lowest BCUT2D eigenvalue weighted by molar-refractivity contribution is -0.121. The third kappa shape index (κ3) is 5.99. The van der Waals surface area contributed by atoms with Crippen molar-refractivity contribution in [2.75, 3.05) is 19.7 Å². The van der Waals surface area contributed by atoms with Crippen LogP contribution in [0.25, 0.3) is 10.6 Å². The molecule has 2 amide bonds. The second-order valence-electron chi connectivity index (χ2n) is 8.28. The van der Waals surface area contributed by atoms with Crippen molar-refractivity contribution in [1.82, 2.24) is 15.2 Å². The molecule has 1 N–H and O–H groups in total. The van der Waals surface area contributed by atoms with E-state index in [2.05, 4.69) is 41.5 Å². The van der Waals surface area contributed by atoms with E-state index in [1.165, 1.54) is 5.56 Å². The van der Waals surface area contributed by atoms with Crippen molar-refractivity contribution in [3.05, 3.63) is 70.7 Å². The molecule has 0 bridgehead atoms. The number of benzene rings is 2. The van der Waals surface area contributed by atoms with Gasteiger partial charge in [0.1, 0.15) is 10.8 Å². The fourth-order valence-electron chi connectivity index (χ4n) is 3.93. The molecular formula is C26H29N3O3S. The molecule has 33 heavy (non-hydrogen) atoms. The second kappa shape index (κ2) is 10.6. The number of likely N-dealkylation sites (tertiary alicyclic amines) is 1. The van der Waals surface area contributed by atoms with Crippen molar-refractivity contribution in [3.63, 3.8) is 0 Å². The second-order valence-corrected chi connectivity index (χ2v) is 9.14. The van der Waals surface area contributed by atoms with E-state index in [-0.39, 0.29) is 24.3 Å². The van der Waals surface area contributed by atoms with Gasteiger partial charge in [0.15, 0.2) is 0 Å². The van der Waals surface area contributed by atoms with Crippen LogP contribution in [0, 0.1) is 6.92 Å². The number of ether oxygens (including phenoxy) is 1. The van der Waals surface area contributed by atoms with Gasteiger partial charge in [0.2, 0.25) is 5.91 Å². The molecule has 1 aliphatic rings. The van der Waals surface area contributed by atoms with Crippen molar-refractivity contribution in [2.24, 2.45) is 0 Å². The number of hydrogen-bond donors (Lipinski definition) is 1. The van der Waals surface area contributed by atoms with E-state index in [9.17, 15) is 9.59 Å². The predicted molar refractivity (Wildman–Crippen MR) is 131 cm³/mol. The molecular weight excluding hydrogens is 434 g/mol. The molecule has 4 rings (SSSR count). The summed E-state index contributed by atoms with van der Waals surface area (Å²) in [6.07, 6.45) is 1.77.